The quantitative estimate of drug-likeness (QED) is 0.636. The van der Waals surface area contributed by atoms with Crippen LogP contribution in [0.3, 0.4) is 0 Å². The largest absolute Gasteiger partial charge is 1.00 e. The Hall–Kier alpha value is 0.801. The van der Waals surface area contributed by atoms with Crippen molar-refractivity contribution in [2.24, 2.45) is 0 Å². The van der Waals surface area contributed by atoms with Crippen molar-refractivity contribution in [3.8, 4) is 5.75 Å². The molecule has 1 rings (SSSR count). The SMILES string of the molecule is COc1cc(Cl)ccc1[B-](F)(F)F.[K+]. The molecule has 0 saturated heterocycles. The fourth-order valence-corrected chi connectivity index (χ4v) is 1.12. The van der Waals surface area contributed by atoms with E-state index in [0.717, 1.165) is 12.1 Å². The van der Waals surface area contributed by atoms with Gasteiger partial charge in [0.05, 0.1) is 12.9 Å². The summed E-state index contributed by atoms with van der Waals surface area (Å²) in [6.45, 7) is -5.04. The van der Waals surface area contributed by atoms with Crippen LogP contribution in [0, 0.1) is 0 Å². The average Bonchev–Trinajstić information content (AvgIpc) is 2.01. The van der Waals surface area contributed by atoms with E-state index in [2.05, 4.69) is 4.74 Å². The fourth-order valence-electron chi connectivity index (χ4n) is 0.955. The van der Waals surface area contributed by atoms with Crippen molar-refractivity contribution in [2.75, 3.05) is 7.11 Å². The molecule has 0 bridgehead atoms. The van der Waals surface area contributed by atoms with Crippen LogP contribution in [0.15, 0.2) is 18.2 Å². The van der Waals surface area contributed by atoms with E-state index in [4.69, 9.17) is 11.6 Å². The van der Waals surface area contributed by atoms with Crippen molar-refractivity contribution >= 4 is 24.0 Å². The van der Waals surface area contributed by atoms with E-state index in [9.17, 15) is 12.9 Å². The number of hydrogen-bond donors (Lipinski definition) is 0. The van der Waals surface area contributed by atoms with Crippen molar-refractivity contribution in [2.45, 2.75) is 0 Å². The molecule has 0 aliphatic rings. The molecule has 0 aromatic heterocycles. The van der Waals surface area contributed by atoms with Crippen LogP contribution in [0.25, 0.3) is 0 Å². The van der Waals surface area contributed by atoms with Gasteiger partial charge in [0.2, 0.25) is 0 Å². The van der Waals surface area contributed by atoms with Gasteiger partial charge in [-0.3, -0.25) is 0 Å². The average molecular weight is 248 g/mol. The summed E-state index contributed by atoms with van der Waals surface area (Å²) in [6.07, 6.45) is 0. The molecular formula is C7H6BClF3KO. The van der Waals surface area contributed by atoms with E-state index in [1.807, 2.05) is 0 Å². The van der Waals surface area contributed by atoms with E-state index in [1.54, 1.807) is 0 Å². The van der Waals surface area contributed by atoms with E-state index < -0.39 is 12.4 Å². The molecule has 0 N–H and O–H groups in total. The van der Waals surface area contributed by atoms with Gasteiger partial charge < -0.3 is 17.7 Å². The molecule has 0 unspecified atom stereocenters. The summed E-state index contributed by atoms with van der Waals surface area (Å²) in [6, 6.07) is 3.25. The first kappa shape index (κ1) is 14.8. The Bertz CT molecular complexity index is 318. The molecule has 0 amide bonds. The van der Waals surface area contributed by atoms with Gasteiger partial charge in [-0.15, -0.1) is 0 Å². The van der Waals surface area contributed by atoms with Crippen molar-refractivity contribution < 1.29 is 69.1 Å². The zero-order valence-electron chi connectivity index (χ0n) is 7.73. The maximum absolute atomic E-state index is 12.3. The van der Waals surface area contributed by atoms with Crippen LogP contribution in [0.1, 0.15) is 0 Å². The maximum Gasteiger partial charge on any atom is 1.00 e. The van der Waals surface area contributed by atoms with Gasteiger partial charge in [-0.1, -0.05) is 23.1 Å². The summed E-state index contributed by atoms with van der Waals surface area (Å²) in [5.41, 5.74) is -0.757. The molecular weight excluding hydrogens is 242 g/mol. The molecule has 0 saturated carbocycles. The Morgan fingerprint density at radius 2 is 1.86 bits per heavy atom. The number of rotatable bonds is 2. The molecule has 0 fully saturated rings. The van der Waals surface area contributed by atoms with Crippen LogP contribution in [-0.2, 0) is 0 Å². The van der Waals surface area contributed by atoms with E-state index in [1.165, 1.54) is 13.2 Å². The number of methoxy groups -OCH3 is 1. The Balaban J connectivity index is 0.00000169. The van der Waals surface area contributed by atoms with Gasteiger partial charge in [0.1, 0.15) is 0 Å². The molecule has 14 heavy (non-hydrogen) atoms. The maximum atomic E-state index is 12.3. The minimum atomic E-state index is -5.04. The normalized spacial score (nSPS) is 10.6. The monoisotopic (exact) mass is 248 g/mol. The molecule has 0 atom stereocenters. The third-order valence-electron chi connectivity index (χ3n) is 1.55. The summed E-state index contributed by atoms with van der Waals surface area (Å²) in [4.78, 5) is 0. The van der Waals surface area contributed by atoms with Crippen molar-refractivity contribution in [1.29, 1.82) is 0 Å². The minimum Gasteiger partial charge on any atom is -0.500 e. The number of hydrogen-bond acceptors (Lipinski definition) is 1. The smallest absolute Gasteiger partial charge is 0.500 e. The molecule has 0 heterocycles. The zero-order chi connectivity index (χ0) is 10.1. The molecule has 7 heteroatoms. The van der Waals surface area contributed by atoms with Gasteiger partial charge in [0, 0.05) is 5.02 Å². The van der Waals surface area contributed by atoms with Gasteiger partial charge in [-0.2, -0.15) is 0 Å². The minimum absolute atomic E-state index is 0. The first-order valence-corrected chi connectivity index (χ1v) is 3.86. The standard InChI is InChI=1S/C7H6BClF3O.K/c1-13-7-4-5(9)2-3-6(7)8(10,11)12;/h2-4H,1H3;/q-1;+1. The van der Waals surface area contributed by atoms with Crippen molar-refractivity contribution in [3.63, 3.8) is 0 Å². The molecule has 1 aromatic carbocycles. The first-order chi connectivity index (χ1) is 5.95. The Labute approximate surface area is 127 Å². The van der Waals surface area contributed by atoms with E-state index in [-0.39, 0.29) is 62.2 Å². The molecule has 1 aromatic rings. The fraction of sp³-hybridized carbons (Fsp3) is 0.143. The third kappa shape index (κ3) is 3.75. The third-order valence-corrected chi connectivity index (χ3v) is 1.78. The number of ether oxygens (including phenoxy) is 1. The van der Waals surface area contributed by atoms with Gasteiger partial charge in [-0.25, -0.2) is 0 Å². The van der Waals surface area contributed by atoms with Crippen molar-refractivity contribution in [1.82, 2.24) is 0 Å². The summed E-state index contributed by atoms with van der Waals surface area (Å²) in [5, 5.41) is 0.223. The van der Waals surface area contributed by atoms with Gasteiger partial charge in [0.15, 0.2) is 0 Å². The van der Waals surface area contributed by atoms with E-state index >= 15 is 0 Å². The molecule has 0 spiro atoms. The van der Waals surface area contributed by atoms with Crippen LogP contribution < -0.4 is 61.6 Å². The first-order valence-electron chi connectivity index (χ1n) is 3.48. The van der Waals surface area contributed by atoms with Crippen LogP contribution >= 0.6 is 11.6 Å². The molecule has 0 aliphatic carbocycles. The predicted molar refractivity (Wildman–Crippen MR) is 46.7 cm³/mol. The Kier molecular flexibility index (Phi) is 6.10. The van der Waals surface area contributed by atoms with Gasteiger partial charge in [0.25, 0.3) is 0 Å². The van der Waals surface area contributed by atoms with Crippen LogP contribution in [0.2, 0.25) is 5.02 Å². The second-order valence-corrected chi connectivity index (χ2v) is 2.90. The summed E-state index contributed by atoms with van der Waals surface area (Å²) >= 11 is 5.51. The van der Waals surface area contributed by atoms with Gasteiger partial charge in [-0.05, 0) is 12.1 Å². The van der Waals surface area contributed by atoms with Crippen LogP contribution in [0.5, 0.6) is 5.75 Å². The molecule has 1 nitrogen and oxygen atoms in total. The second-order valence-electron chi connectivity index (χ2n) is 2.46. The number of halogens is 4. The summed E-state index contributed by atoms with van der Waals surface area (Å²) in [7, 11) is 1.18. The Morgan fingerprint density at radius 3 is 2.29 bits per heavy atom. The zero-order valence-corrected chi connectivity index (χ0v) is 11.6. The van der Waals surface area contributed by atoms with Crippen molar-refractivity contribution in [3.05, 3.63) is 23.2 Å². The van der Waals surface area contributed by atoms with Crippen LogP contribution in [0.4, 0.5) is 12.9 Å². The molecule has 72 valence electrons. The second kappa shape index (κ2) is 5.77. The van der Waals surface area contributed by atoms with E-state index in [0.29, 0.717) is 0 Å². The summed E-state index contributed by atoms with van der Waals surface area (Å²) in [5.74, 6) is -0.236. The molecule has 0 radical (unpaired) electrons. The van der Waals surface area contributed by atoms with Gasteiger partial charge >= 0.3 is 58.4 Å². The number of benzene rings is 1. The molecule has 0 aliphatic heterocycles. The summed E-state index contributed by atoms with van der Waals surface area (Å²) < 4.78 is 41.5. The van der Waals surface area contributed by atoms with Crippen LogP contribution in [-0.4, -0.2) is 14.1 Å². The topological polar surface area (TPSA) is 9.23 Å². The Morgan fingerprint density at radius 1 is 1.29 bits per heavy atom. The predicted octanol–water partition coefficient (Wildman–Crippen LogP) is -0.593.